The van der Waals surface area contributed by atoms with Crippen molar-refractivity contribution in [2.75, 3.05) is 22.1 Å². The molecule has 4 aromatic rings. The molecular weight excluding hydrogens is 559 g/mol. The third-order valence-corrected chi connectivity index (χ3v) is 7.37. The van der Waals surface area contributed by atoms with E-state index in [0.29, 0.717) is 42.5 Å². The minimum atomic E-state index is -4.53. The van der Waals surface area contributed by atoms with E-state index >= 15 is 0 Å². The Labute approximate surface area is 245 Å². The van der Waals surface area contributed by atoms with Gasteiger partial charge in [0.15, 0.2) is 0 Å². The van der Waals surface area contributed by atoms with Crippen molar-refractivity contribution in [1.29, 1.82) is 0 Å². The zero-order chi connectivity index (χ0) is 30.1. The van der Waals surface area contributed by atoms with Crippen molar-refractivity contribution < 1.29 is 22.8 Å². The van der Waals surface area contributed by atoms with E-state index in [1.807, 2.05) is 19.1 Å². The lowest BCUT2D eigenvalue weighted by atomic mass is 10.0. The molecule has 1 aliphatic carbocycles. The first-order chi connectivity index (χ1) is 20.6. The van der Waals surface area contributed by atoms with Gasteiger partial charge in [0.2, 0.25) is 5.95 Å². The summed E-state index contributed by atoms with van der Waals surface area (Å²) >= 11 is 0. The summed E-state index contributed by atoms with van der Waals surface area (Å²) in [6.07, 6.45) is 1.44. The summed E-state index contributed by atoms with van der Waals surface area (Å²) in [6, 6.07) is 13.5. The molecule has 2 aromatic carbocycles. The number of aryl methyl sites for hydroxylation is 1. The Morgan fingerprint density at radius 1 is 0.953 bits per heavy atom. The average molecular weight is 588 g/mol. The molecule has 0 saturated heterocycles. The van der Waals surface area contributed by atoms with E-state index in [2.05, 4.69) is 35.8 Å². The largest absolute Gasteiger partial charge is 0.416 e. The van der Waals surface area contributed by atoms with Crippen LogP contribution in [-0.2, 0) is 19.1 Å². The van der Waals surface area contributed by atoms with Crippen LogP contribution in [0.4, 0.5) is 36.3 Å². The highest BCUT2D eigenvalue weighted by Gasteiger charge is 2.31. The molecule has 6 rings (SSSR count). The number of rotatable bonds is 7. The molecular formula is C31H28F3N7O2. The zero-order valence-electron chi connectivity index (χ0n) is 23.2. The lowest BCUT2D eigenvalue weighted by molar-refractivity contribution is -0.137. The van der Waals surface area contributed by atoms with Gasteiger partial charge in [0.05, 0.1) is 16.8 Å². The van der Waals surface area contributed by atoms with Crippen molar-refractivity contribution >= 4 is 35.0 Å². The van der Waals surface area contributed by atoms with Crippen LogP contribution in [0.15, 0.2) is 67.0 Å². The summed E-state index contributed by atoms with van der Waals surface area (Å²) in [5, 5.41) is 8.75. The number of fused-ring (bicyclic) bond motifs is 1. The lowest BCUT2D eigenvalue weighted by Crippen LogP contribution is -2.32. The predicted octanol–water partition coefficient (Wildman–Crippen LogP) is 5.65. The molecule has 1 fully saturated rings. The smallest absolute Gasteiger partial charge is 0.366 e. The van der Waals surface area contributed by atoms with Crippen molar-refractivity contribution in [3.63, 3.8) is 0 Å². The normalized spacial score (nSPS) is 14.6. The molecule has 2 amide bonds. The molecule has 220 valence electrons. The fourth-order valence-corrected chi connectivity index (χ4v) is 4.86. The number of anilines is 4. The predicted molar refractivity (Wildman–Crippen MR) is 155 cm³/mol. The second-order valence-electron chi connectivity index (χ2n) is 10.7. The number of nitrogens with one attached hydrogen (secondary N) is 3. The number of hydrogen-bond donors (Lipinski definition) is 3. The number of amides is 2. The SMILES string of the molecule is Cc1ccc(NC(=O)c2cccc(C(F)(F)F)c2)cc1N1CCc2nc(Nc3ccc(C(=O)NC4CC4)cn3)ncc2C1. The Hall–Kier alpha value is -5.00. The summed E-state index contributed by atoms with van der Waals surface area (Å²) in [5.41, 5.74) is 3.77. The Morgan fingerprint density at radius 2 is 1.79 bits per heavy atom. The van der Waals surface area contributed by atoms with Crippen LogP contribution in [0, 0.1) is 6.92 Å². The van der Waals surface area contributed by atoms with Gasteiger partial charge in [-0.3, -0.25) is 9.59 Å². The molecule has 1 saturated carbocycles. The molecule has 12 heteroatoms. The highest BCUT2D eigenvalue weighted by molar-refractivity contribution is 6.04. The summed E-state index contributed by atoms with van der Waals surface area (Å²) in [7, 11) is 0. The van der Waals surface area contributed by atoms with Crippen LogP contribution in [-0.4, -0.2) is 39.4 Å². The maximum atomic E-state index is 13.1. The van der Waals surface area contributed by atoms with Gasteiger partial charge < -0.3 is 20.9 Å². The van der Waals surface area contributed by atoms with Gasteiger partial charge in [0.1, 0.15) is 5.82 Å². The first-order valence-corrected chi connectivity index (χ1v) is 13.9. The third kappa shape index (κ3) is 6.58. The highest BCUT2D eigenvalue weighted by Crippen LogP contribution is 2.31. The summed E-state index contributed by atoms with van der Waals surface area (Å²) in [6.45, 7) is 3.17. The maximum Gasteiger partial charge on any atom is 0.416 e. The van der Waals surface area contributed by atoms with Gasteiger partial charge in [0, 0.05) is 60.4 Å². The number of benzene rings is 2. The molecule has 2 aromatic heterocycles. The van der Waals surface area contributed by atoms with Gasteiger partial charge in [-0.25, -0.2) is 15.0 Å². The van der Waals surface area contributed by atoms with Crippen molar-refractivity contribution in [3.8, 4) is 0 Å². The topological polar surface area (TPSA) is 112 Å². The number of aromatic nitrogens is 3. The Balaban J connectivity index is 1.11. The quantitative estimate of drug-likeness (QED) is 0.256. The first-order valence-electron chi connectivity index (χ1n) is 13.9. The molecule has 3 N–H and O–H groups in total. The fourth-order valence-electron chi connectivity index (χ4n) is 4.86. The monoisotopic (exact) mass is 587 g/mol. The van der Waals surface area contributed by atoms with Crippen molar-refractivity contribution in [2.24, 2.45) is 0 Å². The first kappa shape index (κ1) is 28.1. The Bertz CT molecular complexity index is 1690. The van der Waals surface area contributed by atoms with Crippen molar-refractivity contribution in [2.45, 2.75) is 44.9 Å². The average Bonchev–Trinajstić information content (AvgIpc) is 3.82. The standard InChI is InChI=1S/C31H28F3N7O2/c1-18-5-7-24(38-28(42)19-3-2-4-22(13-19)31(32,33)34)14-26(18)41-12-11-25-21(17-41)16-36-30(39-25)40-27-10-6-20(15-35-27)29(43)37-23-8-9-23/h2-7,10,13-16,23H,8-9,11-12,17H2,1H3,(H,37,43)(H,38,42)(H,35,36,39,40). The lowest BCUT2D eigenvalue weighted by Gasteiger charge is -2.31. The van der Waals surface area contributed by atoms with E-state index in [1.54, 1.807) is 24.4 Å². The Kier molecular flexibility index (Phi) is 7.43. The van der Waals surface area contributed by atoms with E-state index in [4.69, 9.17) is 0 Å². The van der Waals surface area contributed by atoms with Gasteiger partial charge in [0.25, 0.3) is 11.8 Å². The number of carbonyl (C=O) groups is 2. The van der Waals surface area contributed by atoms with Crippen LogP contribution in [0.3, 0.4) is 0 Å². The molecule has 9 nitrogen and oxygen atoms in total. The van der Waals surface area contributed by atoms with E-state index in [-0.39, 0.29) is 17.5 Å². The van der Waals surface area contributed by atoms with Crippen LogP contribution < -0.4 is 20.9 Å². The molecule has 2 aliphatic rings. The van der Waals surface area contributed by atoms with Crippen LogP contribution in [0.2, 0.25) is 0 Å². The number of hydrogen-bond acceptors (Lipinski definition) is 7. The third-order valence-electron chi connectivity index (χ3n) is 7.37. The summed E-state index contributed by atoms with van der Waals surface area (Å²) in [5.74, 6) is 0.185. The van der Waals surface area contributed by atoms with Crippen LogP contribution >= 0.6 is 0 Å². The van der Waals surface area contributed by atoms with Gasteiger partial charge in [-0.05, 0) is 67.8 Å². The zero-order valence-corrected chi connectivity index (χ0v) is 23.2. The van der Waals surface area contributed by atoms with Crippen LogP contribution in [0.1, 0.15) is 55.9 Å². The van der Waals surface area contributed by atoms with Gasteiger partial charge in [-0.15, -0.1) is 0 Å². The second-order valence-corrected chi connectivity index (χ2v) is 10.7. The molecule has 43 heavy (non-hydrogen) atoms. The van der Waals surface area contributed by atoms with E-state index < -0.39 is 17.6 Å². The second kappa shape index (κ2) is 11.3. The molecule has 1 aliphatic heterocycles. The van der Waals surface area contributed by atoms with Crippen molar-refractivity contribution in [3.05, 3.63) is 101 Å². The number of nitrogens with zero attached hydrogens (tertiary/aromatic N) is 4. The molecule has 0 radical (unpaired) electrons. The maximum absolute atomic E-state index is 13.1. The molecule has 0 atom stereocenters. The molecule has 0 spiro atoms. The van der Waals surface area contributed by atoms with E-state index in [1.165, 1.54) is 18.3 Å². The molecule has 0 unspecified atom stereocenters. The summed E-state index contributed by atoms with van der Waals surface area (Å²) < 4.78 is 39.3. The number of halogens is 3. The van der Waals surface area contributed by atoms with E-state index in [0.717, 1.165) is 47.5 Å². The number of pyridine rings is 1. The van der Waals surface area contributed by atoms with Gasteiger partial charge >= 0.3 is 6.18 Å². The van der Waals surface area contributed by atoms with Crippen LogP contribution in [0.25, 0.3) is 0 Å². The summed E-state index contributed by atoms with van der Waals surface area (Å²) in [4.78, 5) is 40.5. The highest BCUT2D eigenvalue weighted by atomic mass is 19.4. The number of alkyl halides is 3. The van der Waals surface area contributed by atoms with Gasteiger partial charge in [-0.1, -0.05) is 12.1 Å². The Morgan fingerprint density at radius 3 is 2.53 bits per heavy atom. The van der Waals surface area contributed by atoms with E-state index in [9.17, 15) is 22.8 Å². The minimum absolute atomic E-state index is 0.0735. The van der Waals surface area contributed by atoms with Crippen LogP contribution in [0.5, 0.6) is 0 Å². The van der Waals surface area contributed by atoms with Gasteiger partial charge in [-0.2, -0.15) is 13.2 Å². The van der Waals surface area contributed by atoms with Crippen molar-refractivity contribution in [1.82, 2.24) is 20.3 Å². The molecule has 3 heterocycles. The fraction of sp³-hybridized carbons (Fsp3) is 0.258. The molecule has 0 bridgehead atoms. The number of carbonyl (C=O) groups excluding carboxylic acids is 2. The minimum Gasteiger partial charge on any atom is -0.366 e.